The van der Waals surface area contributed by atoms with Gasteiger partial charge < -0.3 is 10.2 Å². The highest BCUT2D eigenvalue weighted by Crippen LogP contribution is 2.33. The monoisotopic (exact) mass is 291 g/mol. The molecule has 0 spiro atoms. The zero-order chi connectivity index (χ0) is 15.4. The van der Waals surface area contributed by atoms with E-state index in [9.17, 15) is 14.9 Å². The van der Waals surface area contributed by atoms with E-state index in [0.717, 1.165) is 18.8 Å². The zero-order valence-electron chi connectivity index (χ0n) is 12.5. The van der Waals surface area contributed by atoms with Crippen molar-refractivity contribution in [3.63, 3.8) is 0 Å². The fraction of sp³-hybridized carbons (Fsp3) is 0.533. The number of hydrogen-bond acceptors (Lipinski definition) is 4. The van der Waals surface area contributed by atoms with Crippen molar-refractivity contribution in [1.82, 2.24) is 4.90 Å². The number of nitrogens with one attached hydrogen (secondary N) is 1. The third-order valence-corrected chi connectivity index (χ3v) is 3.65. The number of anilines is 1. The third-order valence-electron chi connectivity index (χ3n) is 3.65. The van der Waals surface area contributed by atoms with E-state index in [1.165, 1.54) is 29.9 Å². The molecule has 1 aliphatic rings. The van der Waals surface area contributed by atoms with Crippen LogP contribution in [0.4, 0.5) is 11.4 Å². The highest BCUT2D eigenvalue weighted by atomic mass is 16.6. The Hall–Kier alpha value is -2.11. The van der Waals surface area contributed by atoms with Crippen LogP contribution >= 0.6 is 0 Å². The molecule has 6 heteroatoms. The van der Waals surface area contributed by atoms with Crippen LogP contribution < -0.4 is 5.32 Å². The predicted octanol–water partition coefficient (Wildman–Crippen LogP) is 2.90. The highest BCUT2D eigenvalue weighted by Gasteiger charge is 2.21. The minimum absolute atomic E-state index is 0.0109. The van der Waals surface area contributed by atoms with Gasteiger partial charge in [0.05, 0.1) is 4.92 Å². The molecule has 0 saturated heterocycles. The number of amides is 1. The smallest absolute Gasteiger partial charge is 0.292 e. The van der Waals surface area contributed by atoms with Gasteiger partial charge >= 0.3 is 0 Å². The number of carbonyl (C=O) groups is 1. The molecule has 6 nitrogen and oxygen atoms in total. The molecule has 1 fully saturated rings. The van der Waals surface area contributed by atoms with Crippen LogP contribution in [0.3, 0.4) is 0 Å². The third kappa shape index (κ3) is 4.18. The van der Waals surface area contributed by atoms with Crippen molar-refractivity contribution in [3.05, 3.63) is 33.9 Å². The van der Waals surface area contributed by atoms with E-state index in [2.05, 4.69) is 5.32 Å². The summed E-state index contributed by atoms with van der Waals surface area (Å²) in [6.07, 6.45) is 4.78. The summed E-state index contributed by atoms with van der Waals surface area (Å²) in [6, 6.07) is 4.45. The maximum Gasteiger partial charge on any atom is 0.292 e. The Balaban J connectivity index is 2.07. The molecule has 1 aliphatic carbocycles. The Morgan fingerprint density at radius 2 is 2.14 bits per heavy atom. The lowest BCUT2D eigenvalue weighted by Crippen LogP contribution is -2.21. The molecule has 2 rings (SSSR count). The van der Waals surface area contributed by atoms with Crippen LogP contribution in [0.5, 0.6) is 0 Å². The van der Waals surface area contributed by atoms with Crippen molar-refractivity contribution in [3.8, 4) is 0 Å². The first kappa shape index (κ1) is 15.3. The van der Waals surface area contributed by atoms with Gasteiger partial charge in [-0.3, -0.25) is 14.9 Å². The van der Waals surface area contributed by atoms with Crippen molar-refractivity contribution in [2.45, 2.75) is 25.7 Å². The SMILES string of the molecule is CN(C)C(=O)c1ccc([N+](=O)[O-])c(NCCCC2CC2)c1. The second-order valence-electron chi connectivity index (χ2n) is 5.70. The Morgan fingerprint density at radius 3 is 2.71 bits per heavy atom. The molecule has 0 heterocycles. The second-order valence-corrected chi connectivity index (χ2v) is 5.70. The van der Waals surface area contributed by atoms with Gasteiger partial charge in [-0.15, -0.1) is 0 Å². The lowest BCUT2D eigenvalue weighted by atomic mass is 10.1. The maximum absolute atomic E-state index is 11.9. The van der Waals surface area contributed by atoms with Crippen LogP contribution in [-0.4, -0.2) is 36.4 Å². The lowest BCUT2D eigenvalue weighted by Gasteiger charge is -2.12. The van der Waals surface area contributed by atoms with Crippen molar-refractivity contribution in [2.75, 3.05) is 26.0 Å². The van der Waals surface area contributed by atoms with Crippen LogP contribution in [0.1, 0.15) is 36.0 Å². The van der Waals surface area contributed by atoms with Crippen LogP contribution in [0.15, 0.2) is 18.2 Å². The molecular weight excluding hydrogens is 270 g/mol. The van der Waals surface area contributed by atoms with Crippen molar-refractivity contribution >= 4 is 17.3 Å². The Bertz CT molecular complexity index is 539. The van der Waals surface area contributed by atoms with Crippen molar-refractivity contribution < 1.29 is 9.72 Å². The highest BCUT2D eigenvalue weighted by molar-refractivity contribution is 5.95. The van der Waals surface area contributed by atoms with E-state index in [-0.39, 0.29) is 11.6 Å². The molecule has 1 N–H and O–H groups in total. The van der Waals surface area contributed by atoms with Crippen LogP contribution in [0.2, 0.25) is 0 Å². The number of nitro groups is 1. The van der Waals surface area contributed by atoms with E-state index in [1.807, 2.05) is 0 Å². The van der Waals surface area contributed by atoms with E-state index in [0.29, 0.717) is 17.8 Å². The fourth-order valence-electron chi connectivity index (χ4n) is 2.25. The average molecular weight is 291 g/mol. The van der Waals surface area contributed by atoms with Gasteiger partial charge in [-0.25, -0.2) is 0 Å². The number of hydrogen-bond donors (Lipinski definition) is 1. The zero-order valence-corrected chi connectivity index (χ0v) is 12.5. The van der Waals surface area contributed by atoms with Gasteiger partial charge in [0.2, 0.25) is 0 Å². The van der Waals surface area contributed by atoms with E-state index < -0.39 is 4.92 Å². The summed E-state index contributed by atoms with van der Waals surface area (Å²) >= 11 is 0. The molecule has 0 aromatic heterocycles. The van der Waals surface area contributed by atoms with Crippen LogP contribution in [-0.2, 0) is 0 Å². The molecule has 1 aromatic rings. The first-order valence-electron chi connectivity index (χ1n) is 7.23. The number of nitrogens with zero attached hydrogens (tertiary/aromatic N) is 2. The summed E-state index contributed by atoms with van der Waals surface area (Å²) in [5.41, 5.74) is 0.885. The number of rotatable bonds is 7. The normalized spacial score (nSPS) is 13.8. The van der Waals surface area contributed by atoms with Crippen LogP contribution in [0, 0.1) is 16.0 Å². The van der Waals surface area contributed by atoms with Gasteiger partial charge in [-0.1, -0.05) is 12.8 Å². The van der Waals surface area contributed by atoms with Gasteiger partial charge in [0.25, 0.3) is 11.6 Å². The molecule has 0 atom stereocenters. The summed E-state index contributed by atoms with van der Waals surface area (Å²) in [5, 5.41) is 14.2. The molecule has 21 heavy (non-hydrogen) atoms. The lowest BCUT2D eigenvalue weighted by molar-refractivity contribution is -0.384. The summed E-state index contributed by atoms with van der Waals surface area (Å²) in [6.45, 7) is 0.691. The quantitative estimate of drug-likeness (QED) is 0.476. The van der Waals surface area contributed by atoms with Gasteiger partial charge in [-0.2, -0.15) is 0 Å². The minimum atomic E-state index is -0.423. The summed E-state index contributed by atoms with van der Waals surface area (Å²) < 4.78 is 0. The first-order valence-corrected chi connectivity index (χ1v) is 7.23. The maximum atomic E-state index is 11.9. The molecule has 1 aromatic carbocycles. The molecule has 0 bridgehead atoms. The summed E-state index contributed by atoms with van der Waals surface area (Å²) in [5.74, 6) is 0.689. The first-order chi connectivity index (χ1) is 9.99. The topological polar surface area (TPSA) is 75.5 Å². The molecule has 0 unspecified atom stereocenters. The average Bonchev–Trinajstić information content (AvgIpc) is 3.26. The van der Waals surface area contributed by atoms with Crippen LogP contribution in [0.25, 0.3) is 0 Å². The van der Waals surface area contributed by atoms with E-state index in [1.54, 1.807) is 20.2 Å². The van der Waals surface area contributed by atoms with Gasteiger partial charge in [-0.05, 0) is 30.9 Å². The Morgan fingerprint density at radius 1 is 1.43 bits per heavy atom. The summed E-state index contributed by atoms with van der Waals surface area (Å²) in [7, 11) is 3.32. The Kier molecular flexibility index (Phi) is 4.77. The van der Waals surface area contributed by atoms with Gasteiger partial charge in [0, 0.05) is 32.3 Å². The predicted molar refractivity (Wildman–Crippen MR) is 81.6 cm³/mol. The molecule has 0 radical (unpaired) electrons. The van der Waals surface area contributed by atoms with Crippen molar-refractivity contribution in [2.24, 2.45) is 5.92 Å². The largest absolute Gasteiger partial charge is 0.379 e. The van der Waals surface area contributed by atoms with Gasteiger partial charge in [0.1, 0.15) is 5.69 Å². The molecule has 114 valence electrons. The molecule has 1 amide bonds. The summed E-state index contributed by atoms with van der Waals surface area (Å²) in [4.78, 5) is 24.0. The van der Waals surface area contributed by atoms with Crippen molar-refractivity contribution in [1.29, 1.82) is 0 Å². The van der Waals surface area contributed by atoms with E-state index in [4.69, 9.17) is 0 Å². The molecule has 1 saturated carbocycles. The fourth-order valence-corrected chi connectivity index (χ4v) is 2.25. The Labute approximate surface area is 124 Å². The number of nitro benzene ring substituents is 1. The number of benzene rings is 1. The minimum Gasteiger partial charge on any atom is -0.379 e. The van der Waals surface area contributed by atoms with E-state index >= 15 is 0 Å². The molecular formula is C15H21N3O3. The molecule has 0 aliphatic heterocycles. The number of carbonyl (C=O) groups excluding carboxylic acids is 1. The van der Waals surface area contributed by atoms with Gasteiger partial charge in [0.15, 0.2) is 0 Å². The second kappa shape index (κ2) is 6.56. The standard InChI is InChI=1S/C15H21N3O3/c1-17(2)15(19)12-7-8-14(18(20)21)13(10-12)16-9-3-4-11-5-6-11/h7-8,10-11,16H,3-6,9H2,1-2H3.